The Morgan fingerprint density at radius 2 is 1.86 bits per heavy atom. The van der Waals surface area contributed by atoms with Crippen LogP contribution in [-0.2, 0) is 4.79 Å². The first-order chi connectivity index (χ1) is 10.0. The maximum atomic E-state index is 12.4. The molecule has 2 aromatic rings. The van der Waals surface area contributed by atoms with Gasteiger partial charge in [0.05, 0.1) is 5.92 Å². The Labute approximate surface area is 125 Å². The molecule has 0 aromatic heterocycles. The Bertz CT molecular complexity index is 712. The molecule has 0 aliphatic heterocycles. The molecule has 0 heterocycles. The monoisotopic (exact) mass is 280 g/mol. The van der Waals surface area contributed by atoms with Crippen molar-refractivity contribution in [2.45, 2.75) is 20.8 Å². The lowest BCUT2D eigenvalue weighted by atomic mass is 10.1. The van der Waals surface area contributed by atoms with Gasteiger partial charge in [-0.05, 0) is 41.2 Å². The molecule has 0 bridgehead atoms. The van der Waals surface area contributed by atoms with E-state index in [1.807, 2.05) is 55.5 Å². The van der Waals surface area contributed by atoms with E-state index in [2.05, 4.69) is 19.9 Å². The second kappa shape index (κ2) is 5.03. The van der Waals surface area contributed by atoms with Gasteiger partial charge < -0.3 is 4.74 Å². The van der Waals surface area contributed by atoms with Crippen molar-refractivity contribution >= 4 is 16.7 Å². The third-order valence-electron chi connectivity index (χ3n) is 4.50. The molecule has 3 rings (SSSR count). The summed E-state index contributed by atoms with van der Waals surface area (Å²) in [6.07, 6.45) is 4.11. The third kappa shape index (κ3) is 2.46. The summed E-state index contributed by atoms with van der Waals surface area (Å²) >= 11 is 0. The van der Waals surface area contributed by atoms with Crippen molar-refractivity contribution in [1.29, 1.82) is 0 Å². The van der Waals surface area contributed by atoms with E-state index in [9.17, 15) is 4.79 Å². The Morgan fingerprint density at radius 3 is 2.57 bits per heavy atom. The molecular weight excluding hydrogens is 260 g/mol. The van der Waals surface area contributed by atoms with Gasteiger partial charge in [0, 0.05) is 0 Å². The largest absolute Gasteiger partial charge is 0.426 e. The van der Waals surface area contributed by atoms with Crippen LogP contribution < -0.4 is 4.74 Å². The van der Waals surface area contributed by atoms with E-state index in [4.69, 9.17) is 4.74 Å². The van der Waals surface area contributed by atoms with Crippen molar-refractivity contribution in [3.8, 4) is 5.75 Å². The highest BCUT2D eigenvalue weighted by Gasteiger charge is 2.61. The van der Waals surface area contributed by atoms with Crippen LogP contribution in [0.15, 0.2) is 54.6 Å². The fourth-order valence-corrected chi connectivity index (χ4v) is 3.10. The number of rotatable bonds is 3. The maximum Gasteiger partial charge on any atom is 0.315 e. The molecular formula is C19H20O2. The van der Waals surface area contributed by atoms with Gasteiger partial charge >= 0.3 is 5.97 Å². The quantitative estimate of drug-likeness (QED) is 0.467. The lowest BCUT2D eigenvalue weighted by Crippen LogP contribution is -2.13. The van der Waals surface area contributed by atoms with E-state index < -0.39 is 0 Å². The van der Waals surface area contributed by atoms with Crippen LogP contribution in [0.2, 0.25) is 0 Å². The molecule has 2 heteroatoms. The van der Waals surface area contributed by atoms with Crippen molar-refractivity contribution in [3.05, 3.63) is 54.6 Å². The van der Waals surface area contributed by atoms with Gasteiger partial charge in [-0.2, -0.15) is 0 Å². The van der Waals surface area contributed by atoms with Crippen molar-refractivity contribution in [2.75, 3.05) is 0 Å². The van der Waals surface area contributed by atoms with E-state index in [1.54, 1.807) is 0 Å². The molecule has 2 atom stereocenters. The van der Waals surface area contributed by atoms with Gasteiger partial charge in [0.25, 0.3) is 0 Å². The van der Waals surface area contributed by atoms with E-state index in [0.29, 0.717) is 5.75 Å². The number of carbonyl (C=O) groups is 1. The number of carbonyl (C=O) groups excluding carboxylic acids is 1. The number of fused-ring (bicyclic) bond motifs is 1. The van der Waals surface area contributed by atoms with Crippen molar-refractivity contribution in [3.63, 3.8) is 0 Å². The molecule has 0 amide bonds. The van der Waals surface area contributed by atoms with Gasteiger partial charge in [-0.25, -0.2) is 0 Å². The smallest absolute Gasteiger partial charge is 0.315 e. The van der Waals surface area contributed by atoms with E-state index >= 15 is 0 Å². The average Bonchev–Trinajstić information content (AvgIpc) is 3.00. The molecule has 0 saturated heterocycles. The molecule has 21 heavy (non-hydrogen) atoms. The molecule has 0 radical (unpaired) electrons. The lowest BCUT2D eigenvalue weighted by molar-refractivity contribution is -0.136. The highest BCUT2D eigenvalue weighted by molar-refractivity contribution is 5.86. The Morgan fingerprint density at radius 1 is 1.14 bits per heavy atom. The summed E-state index contributed by atoms with van der Waals surface area (Å²) in [5.41, 5.74) is 0.000438. The minimum Gasteiger partial charge on any atom is -0.426 e. The first kappa shape index (κ1) is 13.9. The molecule has 0 N–H and O–H groups in total. The minimum absolute atomic E-state index is 0.000438. The van der Waals surface area contributed by atoms with Gasteiger partial charge in [0.2, 0.25) is 0 Å². The number of ether oxygens (including phenoxy) is 1. The van der Waals surface area contributed by atoms with Crippen molar-refractivity contribution in [1.82, 2.24) is 0 Å². The molecule has 2 unspecified atom stereocenters. The standard InChI is InChI=1S/C19H20O2/c1-4-7-16-17(19(16,2)3)18(20)21-15-11-10-13-8-5-6-9-14(13)12-15/h4-12,16-17H,1-3H3/b7-4-. The first-order valence-electron chi connectivity index (χ1n) is 7.37. The average molecular weight is 280 g/mol. The predicted octanol–water partition coefficient (Wildman–Crippen LogP) is 4.59. The SMILES string of the molecule is C/C=C\C1C(C(=O)Oc2ccc3ccccc3c2)C1(C)C. The van der Waals surface area contributed by atoms with Crippen LogP contribution in [0.4, 0.5) is 0 Å². The van der Waals surface area contributed by atoms with Gasteiger partial charge in [-0.3, -0.25) is 4.79 Å². The molecule has 1 aliphatic rings. The topological polar surface area (TPSA) is 26.3 Å². The molecule has 1 fully saturated rings. The number of hydrogen-bond donors (Lipinski definition) is 0. The van der Waals surface area contributed by atoms with Crippen LogP contribution in [-0.4, -0.2) is 5.97 Å². The van der Waals surface area contributed by atoms with Gasteiger partial charge in [0.1, 0.15) is 5.75 Å². The Balaban J connectivity index is 1.78. The Hall–Kier alpha value is -2.09. The molecule has 1 saturated carbocycles. The summed E-state index contributed by atoms with van der Waals surface area (Å²) in [5, 5.41) is 2.23. The van der Waals surface area contributed by atoms with E-state index in [1.165, 1.54) is 0 Å². The lowest BCUT2D eigenvalue weighted by Gasteiger charge is -2.06. The van der Waals surface area contributed by atoms with E-state index in [-0.39, 0.29) is 23.2 Å². The summed E-state index contributed by atoms with van der Waals surface area (Å²) in [4.78, 5) is 12.4. The third-order valence-corrected chi connectivity index (χ3v) is 4.50. The molecule has 1 aliphatic carbocycles. The predicted molar refractivity (Wildman–Crippen MR) is 85.2 cm³/mol. The highest BCUT2D eigenvalue weighted by Crippen LogP contribution is 2.59. The zero-order valence-corrected chi connectivity index (χ0v) is 12.7. The number of allylic oxidation sites excluding steroid dienone is 2. The van der Waals surface area contributed by atoms with E-state index in [0.717, 1.165) is 10.8 Å². The fraction of sp³-hybridized carbons (Fsp3) is 0.316. The molecule has 2 aromatic carbocycles. The zero-order chi connectivity index (χ0) is 15.0. The fourth-order valence-electron chi connectivity index (χ4n) is 3.10. The maximum absolute atomic E-state index is 12.4. The first-order valence-corrected chi connectivity index (χ1v) is 7.37. The Kier molecular flexibility index (Phi) is 3.32. The van der Waals surface area contributed by atoms with Crippen molar-refractivity contribution in [2.24, 2.45) is 17.3 Å². The summed E-state index contributed by atoms with van der Waals surface area (Å²) in [7, 11) is 0. The normalized spacial score (nSPS) is 23.4. The van der Waals surface area contributed by atoms with Crippen LogP contribution in [0.5, 0.6) is 5.75 Å². The van der Waals surface area contributed by atoms with Crippen LogP contribution >= 0.6 is 0 Å². The number of esters is 1. The zero-order valence-electron chi connectivity index (χ0n) is 12.7. The molecule has 108 valence electrons. The van der Waals surface area contributed by atoms with Crippen LogP contribution in [0.3, 0.4) is 0 Å². The second-order valence-corrected chi connectivity index (χ2v) is 6.28. The van der Waals surface area contributed by atoms with Crippen LogP contribution in [0.25, 0.3) is 10.8 Å². The number of benzene rings is 2. The van der Waals surface area contributed by atoms with Gasteiger partial charge in [0.15, 0.2) is 0 Å². The minimum atomic E-state index is -0.126. The summed E-state index contributed by atoms with van der Waals surface area (Å²) in [6.45, 7) is 6.22. The van der Waals surface area contributed by atoms with Gasteiger partial charge in [-0.1, -0.05) is 56.3 Å². The van der Waals surface area contributed by atoms with Crippen molar-refractivity contribution < 1.29 is 9.53 Å². The summed E-state index contributed by atoms with van der Waals surface area (Å²) < 4.78 is 5.59. The molecule has 2 nitrogen and oxygen atoms in total. The van der Waals surface area contributed by atoms with Gasteiger partial charge in [-0.15, -0.1) is 0 Å². The summed E-state index contributed by atoms with van der Waals surface area (Å²) in [6, 6.07) is 13.8. The summed E-state index contributed by atoms with van der Waals surface area (Å²) in [5.74, 6) is 0.745. The van der Waals surface area contributed by atoms with Crippen LogP contribution in [0, 0.1) is 17.3 Å². The molecule has 0 spiro atoms. The van der Waals surface area contributed by atoms with Crippen LogP contribution in [0.1, 0.15) is 20.8 Å². The highest BCUT2D eigenvalue weighted by atomic mass is 16.5. The second-order valence-electron chi connectivity index (χ2n) is 6.28. The number of hydrogen-bond acceptors (Lipinski definition) is 2.